The molecule has 1 fully saturated rings. The van der Waals surface area contributed by atoms with Gasteiger partial charge in [-0.15, -0.1) is 11.3 Å². The summed E-state index contributed by atoms with van der Waals surface area (Å²) in [7, 11) is 0. The summed E-state index contributed by atoms with van der Waals surface area (Å²) in [6.45, 7) is 2.56. The average Bonchev–Trinajstić information content (AvgIpc) is 3.10. The zero-order valence-corrected chi connectivity index (χ0v) is 15.7. The Morgan fingerprint density at radius 1 is 1.21 bits per heavy atom. The predicted octanol–water partition coefficient (Wildman–Crippen LogP) is 1.21. The largest absolute Gasteiger partial charge is 0.416 e. The molecule has 28 heavy (non-hydrogen) atoms. The van der Waals surface area contributed by atoms with Gasteiger partial charge < -0.3 is 20.9 Å². The van der Waals surface area contributed by atoms with E-state index in [1.807, 2.05) is 4.90 Å². The molecule has 1 saturated heterocycles. The Labute approximate surface area is 163 Å². The molecular formula is C18H20F3N4O2S+. The van der Waals surface area contributed by atoms with Gasteiger partial charge in [-0.2, -0.15) is 13.2 Å². The Morgan fingerprint density at radius 3 is 2.57 bits per heavy atom. The molecule has 10 heteroatoms. The number of carbonyl (C=O) groups is 2. The van der Waals surface area contributed by atoms with Gasteiger partial charge in [0.25, 0.3) is 11.8 Å². The molecule has 2 aromatic rings. The number of piperazine rings is 1. The van der Waals surface area contributed by atoms with Gasteiger partial charge in [-0.05, 0) is 29.6 Å². The predicted molar refractivity (Wildman–Crippen MR) is 101 cm³/mol. The molecule has 1 aliphatic rings. The molecule has 0 bridgehead atoms. The molecule has 0 atom stereocenters. The van der Waals surface area contributed by atoms with Crippen LogP contribution < -0.4 is 20.9 Å². The molecule has 0 radical (unpaired) electrons. The first-order valence-corrected chi connectivity index (χ1v) is 9.55. The maximum atomic E-state index is 12.9. The highest BCUT2D eigenvalue weighted by atomic mass is 32.1. The molecule has 150 valence electrons. The van der Waals surface area contributed by atoms with Gasteiger partial charge in [0, 0.05) is 5.69 Å². The van der Waals surface area contributed by atoms with Gasteiger partial charge in [-0.1, -0.05) is 6.07 Å². The van der Waals surface area contributed by atoms with Crippen LogP contribution in [0.2, 0.25) is 0 Å². The van der Waals surface area contributed by atoms with Crippen LogP contribution in [0, 0.1) is 0 Å². The minimum atomic E-state index is -4.37. The van der Waals surface area contributed by atoms with Crippen molar-refractivity contribution in [3.63, 3.8) is 0 Å². The lowest BCUT2D eigenvalue weighted by atomic mass is 10.1. The van der Waals surface area contributed by atoms with E-state index in [9.17, 15) is 22.8 Å². The number of nitrogens with zero attached hydrogens (tertiary/aromatic N) is 1. The summed E-state index contributed by atoms with van der Waals surface area (Å²) in [5, 5.41) is 4.81. The van der Waals surface area contributed by atoms with Crippen molar-refractivity contribution in [1.82, 2.24) is 0 Å². The Balaban J connectivity index is 1.54. The number of thiophene rings is 1. The second kappa shape index (κ2) is 8.19. The van der Waals surface area contributed by atoms with Gasteiger partial charge in [0.05, 0.1) is 37.3 Å². The molecule has 4 N–H and O–H groups in total. The van der Waals surface area contributed by atoms with Crippen molar-refractivity contribution >= 4 is 33.8 Å². The number of alkyl halides is 3. The van der Waals surface area contributed by atoms with E-state index in [1.165, 1.54) is 17.4 Å². The molecule has 1 aliphatic heterocycles. The van der Waals surface area contributed by atoms with Gasteiger partial charge in [0.2, 0.25) is 0 Å². The summed E-state index contributed by atoms with van der Waals surface area (Å²) in [5.74, 6) is -0.828. The van der Waals surface area contributed by atoms with E-state index < -0.39 is 17.6 Å². The molecule has 1 aromatic carbocycles. The zero-order chi connectivity index (χ0) is 20.3. The Morgan fingerprint density at radius 2 is 1.93 bits per heavy atom. The number of nitrogens with one attached hydrogen (secondary N) is 2. The molecule has 3 rings (SSSR count). The smallest absolute Gasteiger partial charge is 0.366 e. The van der Waals surface area contributed by atoms with Crippen molar-refractivity contribution in [2.75, 3.05) is 42.9 Å². The highest BCUT2D eigenvalue weighted by Gasteiger charge is 2.31. The van der Waals surface area contributed by atoms with Crippen LogP contribution in [0.3, 0.4) is 0 Å². The van der Waals surface area contributed by atoms with Crippen molar-refractivity contribution in [2.45, 2.75) is 6.18 Å². The van der Waals surface area contributed by atoms with Crippen LogP contribution in [0.1, 0.15) is 15.9 Å². The molecule has 6 nitrogen and oxygen atoms in total. The molecular weight excluding hydrogens is 393 g/mol. The van der Waals surface area contributed by atoms with E-state index in [0.29, 0.717) is 36.9 Å². The minimum Gasteiger partial charge on any atom is -0.366 e. The van der Waals surface area contributed by atoms with Gasteiger partial charge >= 0.3 is 6.18 Å². The molecule has 1 aromatic heterocycles. The second-order valence-electron chi connectivity index (χ2n) is 6.54. The third-order valence-electron chi connectivity index (χ3n) is 4.60. The molecule has 2 heterocycles. The quantitative estimate of drug-likeness (QED) is 0.690. The fourth-order valence-corrected chi connectivity index (χ4v) is 3.94. The van der Waals surface area contributed by atoms with E-state index in [4.69, 9.17) is 5.73 Å². The van der Waals surface area contributed by atoms with E-state index in [1.54, 1.807) is 17.5 Å². The Hall–Kier alpha value is -2.59. The first-order chi connectivity index (χ1) is 13.2. The highest BCUT2D eigenvalue weighted by molar-refractivity contribution is 7.14. The van der Waals surface area contributed by atoms with E-state index in [2.05, 4.69) is 5.32 Å². The first kappa shape index (κ1) is 20.2. The fourth-order valence-electron chi connectivity index (χ4n) is 3.13. The number of rotatable bonds is 5. The van der Waals surface area contributed by atoms with Crippen LogP contribution in [-0.4, -0.2) is 44.5 Å². The number of anilines is 2. The maximum Gasteiger partial charge on any atom is 0.416 e. The standard InChI is InChI=1S/C18H19F3N4O2S/c19-18(20,21)12-2-1-3-13(10-12)25-7-5-24(6-8-25)11-15(26)23-17-14(16(22)27)4-9-28-17/h1-4,9-10H,5-8,11H2,(H2,22,27)(H,23,26)/p+1. The lowest BCUT2D eigenvalue weighted by Crippen LogP contribution is -3.15. The Kier molecular flexibility index (Phi) is 5.90. The third kappa shape index (κ3) is 4.82. The monoisotopic (exact) mass is 413 g/mol. The van der Waals surface area contributed by atoms with Gasteiger partial charge in [-0.3, -0.25) is 9.59 Å². The van der Waals surface area contributed by atoms with Crippen LogP contribution in [0.5, 0.6) is 0 Å². The van der Waals surface area contributed by atoms with Crippen molar-refractivity contribution < 1.29 is 27.7 Å². The second-order valence-corrected chi connectivity index (χ2v) is 7.45. The summed E-state index contributed by atoms with van der Waals surface area (Å²) < 4.78 is 38.6. The van der Waals surface area contributed by atoms with Gasteiger partial charge in [0.15, 0.2) is 6.54 Å². The van der Waals surface area contributed by atoms with Crippen LogP contribution in [0.25, 0.3) is 0 Å². The molecule has 2 amide bonds. The number of nitrogens with two attached hydrogens (primary N) is 1. The number of hydrogen-bond donors (Lipinski definition) is 3. The lowest BCUT2D eigenvalue weighted by molar-refractivity contribution is -0.892. The number of quaternary nitrogens is 1. The molecule has 0 unspecified atom stereocenters. The number of carbonyl (C=O) groups excluding carboxylic acids is 2. The summed E-state index contributed by atoms with van der Waals surface area (Å²) in [4.78, 5) is 26.5. The van der Waals surface area contributed by atoms with E-state index in [0.717, 1.165) is 17.0 Å². The molecule has 0 saturated carbocycles. The van der Waals surface area contributed by atoms with Crippen LogP contribution in [-0.2, 0) is 11.0 Å². The zero-order valence-electron chi connectivity index (χ0n) is 14.9. The number of amides is 2. The van der Waals surface area contributed by atoms with Crippen molar-refractivity contribution in [2.24, 2.45) is 5.73 Å². The average molecular weight is 413 g/mol. The highest BCUT2D eigenvalue weighted by Crippen LogP contribution is 2.31. The van der Waals surface area contributed by atoms with Crippen molar-refractivity contribution in [1.29, 1.82) is 0 Å². The van der Waals surface area contributed by atoms with Crippen LogP contribution in [0.15, 0.2) is 35.7 Å². The lowest BCUT2D eigenvalue weighted by Gasteiger charge is -2.33. The van der Waals surface area contributed by atoms with Gasteiger partial charge in [-0.25, -0.2) is 0 Å². The fraction of sp³-hybridized carbons (Fsp3) is 0.333. The molecule has 0 aliphatic carbocycles. The van der Waals surface area contributed by atoms with E-state index in [-0.39, 0.29) is 18.0 Å². The summed E-state index contributed by atoms with van der Waals surface area (Å²) in [5.41, 5.74) is 5.41. The van der Waals surface area contributed by atoms with Gasteiger partial charge in [0.1, 0.15) is 5.00 Å². The maximum absolute atomic E-state index is 12.9. The summed E-state index contributed by atoms with van der Waals surface area (Å²) in [6, 6.07) is 6.83. The minimum absolute atomic E-state index is 0.215. The number of halogens is 3. The topological polar surface area (TPSA) is 79.9 Å². The molecule has 0 spiro atoms. The first-order valence-electron chi connectivity index (χ1n) is 8.67. The van der Waals surface area contributed by atoms with E-state index >= 15 is 0 Å². The van der Waals surface area contributed by atoms with Crippen molar-refractivity contribution in [3.8, 4) is 0 Å². The summed E-state index contributed by atoms with van der Waals surface area (Å²) in [6.07, 6.45) is -4.37. The normalized spacial score (nSPS) is 15.5. The number of hydrogen-bond acceptors (Lipinski definition) is 4. The number of benzene rings is 1. The van der Waals surface area contributed by atoms with Crippen molar-refractivity contribution in [3.05, 3.63) is 46.8 Å². The van der Waals surface area contributed by atoms with Crippen LogP contribution in [0.4, 0.5) is 23.9 Å². The number of primary amides is 1. The third-order valence-corrected chi connectivity index (χ3v) is 5.43. The van der Waals surface area contributed by atoms with Crippen LogP contribution >= 0.6 is 11.3 Å². The SMILES string of the molecule is NC(=O)c1ccsc1NC(=O)C[NH+]1CCN(c2cccc(C(F)(F)F)c2)CC1. The Bertz CT molecular complexity index is 861. The summed E-state index contributed by atoms with van der Waals surface area (Å²) >= 11 is 1.23.